The van der Waals surface area contributed by atoms with Crippen LogP contribution in [0.25, 0.3) is 0 Å². The molecule has 2 aromatic carbocycles. The largest absolute Gasteiger partial charge is 0.347 e. The summed E-state index contributed by atoms with van der Waals surface area (Å²) in [6.07, 6.45) is 2.42. The smallest absolute Gasteiger partial charge is 0.263 e. The first-order valence-electron chi connectivity index (χ1n) is 8.24. The van der Waals surface area contributed by atoms with Gasteiger partial charge in [0, 0.05) is 19.5 Å². The molecule has 2 N–H and O–H groups in total. The van der Waals surface area contributed by atoms with Crippen LogP contribution in [0, 0.1) is 0 Å². The van der Waals surface area contributed by atoms with E-state index in [0.717, 1.165) is 23.5 Å². The summed E-state index contributed by atoms with van der Waals surface area (Å²) in [5.41, 5.74) is 3.51. The summed E-state index contributed by atoms with van der Waals surface area (Å²) >= 11 is 1.45. The molecule has 25 heavy (non-hydrogen) atoms. The molecule has 3 aromatic rings. The quantitative estimate of drug-likeness (QED) is 0.686. The van der Waals surface area contributed by atoms with Gasteiger partial charge in [-0.3, -0.25) is 4.79 Å². The molecular formula is C20H21N3OS. The molecule has 4 nitrogen and oxygen atoms in total. The summed E-state index contributed by atoms with van der Waals surface area (Å²) in [5.74, 6) is -0.0730. The highest BCUT2D eigenvalue weighted by Gasteiger charge is 2.10. The Balaban J connectivity index is 1.54. The van der Waals surface area contributed by atoms with Crippen molar-refractivity contribution >= 4 is 17.2 Å². The van der Waals surface area contributed by atoms with E-state index in [1.165, 1.54) is 22.5 Å². The van der Waals surface area contributed by atoms with Crippen LogP contribution in [-0.4, -0.2) is 17.9 Å². The van der Waals surface area contributed by atoms with Gasteiger partial charge in [-0.05, 0) is 23.7 Å². The second kappa shape index (κ2) is 8.55. The zero-order valence-corrected chi connectivity index (χ0v) is 15.0. The second-order valence-corrected chi connectivity index (χ2v) is 6.93. The Kier molecular flexibility index (Phi) is 5.93. The predicted molar refractivity (Wildman–Crippen MR) is 102 cm³/mol. The van der Waals surface area contributed by atoms with E-state index in [2.05, 4.69) is 39.9 Å². The topological polar surface area (TPSA) is 54.0 Å². The lowest BCUT2D eigenvalue weighted by molar-refractivity contribution is 0.0955. The maximum atomic E-state index is 12.3. The molecule has 3 rings (SSSR count). The van der Waals surface area contributed by atoms with Crippen molar-refractivity contribution in [2.45, 2.75) is 19.5 Å². The van der Waals surface area contributed by atoms with Gasteiger partial charge < -0.3 is 10.6 Å². The van der Waals surface area contributed by atoms with Gasteiger partial charge in [0.05, 0.1) is 11.2 Å². The van der Waals surface area contributed by atoms with Crippen LogP contribution in [0.3, 0.4) is 0 Å². The molecule has 128 valence electrons. The van der Waals surface area contributed by atoms with Crippen molar-refractivity contribution in [2.24, 2.45) is 0 Å². The van der Waals surface area contributed by atoms with Crippen LogP contribution in [0.4, 0.5) is 0 Å². The van der Waals surface area contributed by atoms with Crippen LogP contribution in [-0.2, 0) is 19.5 Å². The zero-order chi connectivity index (χ0) is 17.5. The van der Waals surface area contributed by atoms with Crippen LogP contribution in [0.5, 0.6) is 0 Å². The highest BCUT2D eigenvalue weighted by Crippen LogP contribution is 2.17. The first kappa shape index (κ1) is 17.3. The standard InChI is InChI=1S/C20H21N3OS/c1-21-12-16-7-9-17(10-8-16)13-23-20(24)18-14-22-19(25-18)11-15-5-3-2-4-6-15/h2-10,14,21H,11-13H2,1H3,(H,23,24). The third-order valence-corrected chi connectivity index (χ3v) is 4.83. The normalized spacial score (nSPS) is 10.6. The van der Waals surface area contributed by atoms with E-state index in [9.17, 15) is 4.79 Å². The van der Waals surface area contributed by atoms with Gasteiger partial charge in [-0.15, -0.1) is 11.3 Å². The minimum atomic E-state index is -0.0730. The maximum absolute atomic E-state index is 12.3. The first-order chi connectivity index (χ1) is 12.2. The summed E-state index contributed by atoms with van der Waals surface area (Å²) < 4.78 is 0. The molecule has 0 saturated carbocycles. The van der Waals surface area contributed by atoms with Crippen molar-refractivity contribution in [3.63, 3.8) is 0 Å². The molecule has 1 heterocycles. The summed E-state index contributed by atoms with van der Waals surface area (Å²) in [6, 6.07) is 18.4. The molecule has 0 spiro atoms. The molecule has 0 fully saturated rings. The van der Waals surface area contributed by atoms with Crippen molar-refractivity contribution < 1.29 is 4.79 Å². The van der Waals surface area contributed by atoms with Crippen LogP contribution < -0.4 is 10.6 Å². The Bertz CT molecular complexity index is 812. The minimum absolute atomic E-state index is 0.0730. The number of hydrogen-bond donors (Lipinski definition) is 2. The highest BCUT2D eigenvalue weighted by atomic mass is 32.1. The summed E-state index contributed by atoms with van der Waals surface area (Å²) in [4.78, 5) is 17.3. The van der Waals surface area contributed by atoms with Gasteiger partial charge in [-0.2, -0.15) is 0 Å². The van der Waals surface area contributed by atoms with Crippen molar-refractivity contribution in [1.82, 2.24) is 15.6 Å². The minimum Gasteiger partial charge on any atom is -0.347 e. The summed E-state index contributed by atoms with van der Waals surface area (Å²) in [5, 5.41) is 7.03. The molecule has 0 aliphatic rings. The number of amides is 1. The van der Waals surface area contributed by atoms with E-state index in [-0.39, 0.29) is 5.91 Å². The molecule has 1 aromatic heterocycles. The van der Waals surface area contributed by atoms with Gasteiger partial charge in [0.25, 0.3) is 5.91 Å². The van der Waals surface area contributed by atoms with E-state index >= 15 is 0 Å². The SMILES string of the molecule is CNCc1ccc(CNC(=O)c2cnc(Cc3ccccc3)s2)cc1. The van der Waals surface area contributed by atoms with Gasteiger partial charge in [0.15, 0.2) is 0 Å². The van der Waals surface area contributed by atoms with Gasteiger partial charge >= 0.3 is 0 Å². The molecule has 5 heteroatoms. The molecule has 0 atom stereocenters. The van der Waals surface area contributed by atoms with Gasteiger partial charge in [0.1, 0.15) is 4.88 Å². The van der Waals surface area contributed by atoms with Crippen LogP contribution >= 0.6 is 11.3 Å². The Morgan fingerprint density at radius 3 is 2.32 bits per heavy atom. The molecular weight excluding hydrogens is 330 g/mol. The number of benzene rings is 2. The fourth-order valence-electron chi connectivity index (χ4n) is 2.52. The number of thiazole rings is 1. The van der Waals surface area contributed by atoms with Crippen molar-refractivity contribution in [3.8, 4) is 0 Å². The van der Waals surface area contributed by atoms with Crippen LogP contribution in [0.2, 0.25) is 0 Å². The summed E-state index contributed by atoms with van der Waals surface area (Å²) in [7, 11) is 1.93. The van der Waals surface area contributed by atoms with E-state index in [1.54, 1.807) is 6.20 Å². The Labute approximate surface area is 151 Å². The average Bonchev–Trinajstić information content (AvgIpc) is 3.10. The average molecular weight is 351 g/mol. The van der Waals surface area contributed by atoms with E-state index in [0.29, 0.717) is 11.4 Å². The number of nitrogens with one attached hydrogen (secondary N) is 2. The first-order valence-corrected chi connectivity index (χ1v) is 9.05. The lowest BCUT2D eigenvalue weighted by Gasteiger charge is -2.05. The van der Waals surface area contributed by atoms with Gasteiger partial charge in [-0.1, -0.05) is 54.6 Å². The molecule has 0 aliphatic carbocycles. The third-order valence-electron chi connectivity index (χ3n) is 3.83. The fraction of sp³-hybridized carbons (Fsp3) is 0.200. The Morgan fingerprint density at radius 2 is 1.64 bits per heavy atom. The number of carbonyl (C=O) groups excluding carboxylic acids is 1. The lowest BCUT2D eigenvalue weighted by atomic mass is 10.1. The fourth-order valence-corrected chi connectivity index (χ4v) is 3.38. The molecule has 0 radical (unpaired) electrons. The van der Waals surface area contributed by atoms with E-state index in [1.807, 2.05) is 37.4 Å². The predicted octanol–water partition coefficient (Wildman–Crippen LogP) is 3.38. The molecule has 1 amide bonds. The van der Waals surface area contributed by atoms with Crippen molar-refractivity contribution in [1.29, 1.82) is 0 Å². The molecule has 0 aliphatic heterocycles. The number of rotatable bonds is 7. The molecule has 0 saturated heterocycles. The van der Waals surface area contributed by atoms with Crippen LogP contribution in [0.15, 0.2) is 60.8 Å². The number of hydrogen-bond acceptors (Lipinski definition) is 4. The molecule has 0 unspecified atom stereocenters. The van der Waals surface area contributed by atoms with Crippen molar-refractivity contribution in [2.75, 3.05) is 7.05 Å². The summed E-state index contributed by atoms with van der Waals surface area (Å²) in [6.45, 7) is 1.36. The second-order valence-electron chi connectivity index (χ2n) is 5.81. The lowest BCUT2D eigenvalue weighted by Crippen LogP contribution is -2.21. The van der Waals surface area contributed by atoms with E-state index in [4.69, 9.17) is 0 Å². The van der Waals surface area contributed by atoms with Crippen molar-refractivity contribution in [3.05, 3.63) is 87.4 Å². The maximum Gasteiger partial charge on any atom is 0.263 e. The number of carbonyl (C=O) groups is 1. The van der Waals surface area contributed by atoms with Gasteiger partial charge in [0.2, 0.25) is 0 Å². The Hall–Kier alpha value is -2.50. The monoisotopic (exact) mass is 351 g/mol. The molecule has 0 bridgehead atoms. The number of nitrogens with zero attached hydrogens (tertiary/aromatic N) is 1. The number of aromatic nitrogens is 1. The van der Waals surface area contributed by atoms with Crippen LogP contribution in [0.1, 0.15) is 31.4 Å². The Morgan fingerprint density at radius 1 is 0.960 bits per heavy atom. The zero-order valence-electron chi connectivity index (χ0n) is 14.2. The van der Waals surface area contributed by atoms with E-state index < -0.39 is 0 Å². The third kappa shape index (κ3) is 4.98. The van der Waals surface area contributed by atoms with Gasteiger partial charge in [-0.25, -0.2) is 4.98 Å². The highest BCUT2D eigenvalue weighted by molar-refractivity contribution is 7.13.